The zero-order chi connectivity index (χ0) is 28.6. The van der Waals surface area contributed by atoms with E-state index in [1.54, 1.807) is 6.07 Å². The predicted molar refractivity (Wildman–Crippen MR) is 144 cm³/mol. The topological polar surface area (TPSA) is 68.6 Å². The number of fused-ring (bicyclic) bond motifs is 1. The van der Waals surface area contributed by atoms with Crippen LogP contribution in [0.25, 0.3) is 0 Å². The quantitative estimate of drug-likeness (QED) is 0.389. The summed E-state index contributed by atoms with van der Waals surface area (Å²) in [6.45, 7) is 4.00. The number of piperazine rings is 1. The minimum atomic E-state index is -4.65. The van der Waals surface area contributed by atoms with Crippen molar-refractivity contribution in [2.45, 2.75) is 25.6 Å². The Morgan fingerprint density at radius 3 is 2.38 bits per heavy atom. The van der Waals surface area contributed by atoms with Crippen molar-refractivity contribution in [2.24, 2.45) is 4.99 Å². The molecular formula is C29H28F4N4O3. The number of carboxylic acids is 1. The summed E-state index contributed by atoms with van der Waals surface area (Å²) in [5.74, 6) is -1.55. The molecule has 0 unspecified atom stereocenters. The minimum Gasteiger partial charge on any atom is -0.495 e. The SMILES string of the molecule is COc1ccc(C(F)(F)F)cc1N1C(N2CCN(c3cccc(C)c3)CC2)=Nc2c(F)cccc2[C@@H]1CC(=O)O. The van der Waals surface area contributed by atoms with Crippen LogP contribution in [0.5, 0.6) is 5.75 Å². The fraction of sp³-hybridized carbons (Fsp3) is 0.310. The molecule has 1 N–H and O–H groups in total. The smallest absolute Gasteiger partial charge is 0.416 e. The highest BCUT2D eigenvalue weighted by molar-refractivity contribution is 6.02. The van der Waals surface area contributed by atoms with E-state index in [0.29, 0.717) is 26.2 Å². The minimum absolute atomic E-state index is 0.00153. The molecule has 7 nitrogen and oxygen atoms in total. The number of carbonyl (C=O) groups is 1. The molecule has 40 heavy (non-hydrogen) atoms. The van der Waals surface area contributed by atoms with Gasteiger partial charge in [-0.15, -0.1) is 0 Å². The number of anilines is 2. The predicted octanol–water partition coefficient (Wildman–Crippen LogP) is 6.01. The second-order valence-corrected chi connectivity index (χ2v) is 9.77. The molecule has 0 aliphatic carbocycles. The first kappa shape index (κ1) is 27.3. The van der Waals surface area contributed by atoms with Crippen molar-refractivity contribution in [1.29, 1.82) is 0 Å². The van der Waals surface area contributed by atoms with Crippen LogP contribution in [0.4, 0.5) is 34.6 Å². The highest BCUT2D eigenvalue weighted by Gasteiger charge is 2.40. The molecule has 1 atom stereocenters. The summed E-state index contributed by atoms with van der Waals surface area (Å²) in [6.07, 6.45) is -5.15. The average Bonchev–Trinajstić information content (AvgIpc) is 2.92. The lowest BCUT2D eigenvalue weighted by Gasteiger charge is -2.45. The number of para-hydroxylation sites is 1. The van der Waals surface area contributed by atoms with Crippen LogP contribution in [0.1, 0.15) is 29.2 Å². The van der Waals surface area contributed by atoms with Gasteiger partial charge in [-0.2, -0.15) is 13.2 Å². The number of alkyl halides is 3. The number of methoxy groups -OCH3 is 1. The highest BCUT2D eigenvalue weighted by Crippen LogP contribution is 2.46. The molecule has 5 rings (SSSR count). The van der Waals surface area contributed by atoms with E-state index in [0.717, 1.165) is 23.4 Å². The van der Waals surface area contributed by atoms with Crippen LogP contribution in [0.15, 0.2) is 65.7 Å². The molecule has 2 aliphatic heterocycles. The highest BCUT2D eigenvalue weighted by atomic mass is 19.4. The molecule has 0 amide bonds. The average molecular weight is 557 g/mol. The van der Waals surface area contributed by atoms with Crippen molar-refractivity contribution in [1.82, 2.24) is 4.90 Å². The number of aryl methyl sites for hydroxylation is 1. The van der Waals surface area contributed by atoms with Crippen molar-refractivity contribution in [3.63, 3.8) is 0 Å². The summed E-state index contributed by atoms with van der Waals surface area (Å²) in [5, 5.41) is 9.82. The molecule has 2 aliphatic rings. The molecule has 0 aromatic heterocycles. The van der Waals surface area contributed by atoms with E-state index in [4.69, 9.17) is 4.74 Å². The van der Waals surface area contributed by atoms with Gasteiger partial charge in [0.15, 0.2) is 0 Å². The van der Waals surface area contributed by atoms with Gasteiger partial charge >= 0.3 is 12.1 Å². The Balaban J connectivity index is 1.62. The first-order valence-electron chi connectivity index (χ1n) is 12.8. The number of benzene rings is 3. The van der Waals surface area contributed by atoms with E-state index < -0.39 is 36.0 Å². The van der Waals surface area contributed by atoms with Crippen LogP contribution in [0.2, 0.25) is 0 Å². The zero-order valence-corrected chi connectivity index (χ0v) is 22.0. The van der Waals surface area contributed by atoms with Crippen LogP contribution >= 0.6 is 0 Å². The Morgan fingerprint density at radius 2 is 1.73 bits per heavy atom. The number of carboxylic acid groups (broad SMARTS) is 1. The number of hydrogen-bond acceptors (Lipinski definition) is 6. The number of rotatable bonds is 5. The number of aliphatic carboxylic acids is 1. The van der Waals surface area contributed by atoms with E-state index >= 15 is 4.39 Å². The zero-order valence-electron chi connectivity index (χ0n) is 22.0. The number of hydrogen-bond donors (Lipinski definition) is 1. The van der Waals surface area contributed by atoms with Gasteiger partial charge in [-0.3, -0.25) is 4.79 Å². The van der Waals surface area contributed by atoms with Gasteiger partial charge in [-0.25, -0.2) is 9.38 Å². The van der Waals surface area contributed by atoms with E-state index in [1.165, 1.54) is 30.2 Å². The van der Waals surface area contributed by atoms with Gasteiger partial charge in [-0.05, 0) is 48.9 Å². The maximum atomic E-state index is 15.1. The standard InChI is InChI=1S/C29H28F4N4O3/c1-18-5-3-6-20(15-18)35-11-13-36(14-12-35)28-34-27-21(7-4-8-22(27)30)23(17-26(38)39)37(28)24-16-19(29(31,32)33)9-10-25(24)40-2/h3-10,15-16,23H,11-14,17H2,1-2H3,(H,38,39)/t23-/m0/s1. The van der Waals surface area contributed by atoms with Crippen molar-refractivity contribution < 1.29 is 32.2 Å². The van der Waals surface area contributed by atoms with Crippen molar-refractivity contribution in [3.8, 4) is 5.75 Å². The molecule has 0 spiro atoms. The van der Waals surface area contributed by atoms with Gasteiger partial charge in [0, 0.05) is 37.4 Å². The summed E-state index contributed by atoms with van der Waals surface area (Å²) in [5.41, 5.74) is 1.48. The summed E-state index contributed by atoms with van der Waals surface area (Å²) in [4.78, 5) is 22.1. The normalized spacial score (nSPS) is 17.4. The Bertz CT molecular complexity index is 1450. The molecule has 210 valence electrons. The molecule has 1 fully saturated rings. The van der Waals surface area contributed by atoms with Crippen molar-refractivity contribution >= 4 is 29.0 Å². The summed E-state index contributed by atoms with van der Waals surface area (Å²) in [7, 11) is 1.33. The Labute approximate surface area is 228 Å². The van der Waals surface area contributed by atoms with Gasteiger partial charge in [0.2, 0.25) is 5.96 Å². The van der Waals surface area contributed by atoms with E-state index in [-0.39, 0.29) is 28.6 Å². The third kappa shape index (κ3) is 5.28. The lowest BCUT2D eigenvalue weighted by atomic mass is 9.96. The van der Waals surface area contributed by atoms with E-state index in [2.05, 4.69) is 16.0 Å². The van der Waals surface area contributed by atoms with Gasteiger partial charge < -0.3 is 24.5 Å². The van der Waals surface area contributed by atoms with Crippen LogP contribution in [0.3, 0.4) is 0 Å². The van der Waals surface area contributed by atoms with E-state index in [1.807, 2.05) is 30.0 Å². The number of nitrogens with zero attached hydrogens (tertiary/aromatic N) is 4. The number of ether oxygens (including phenoxy) is 1. The third-order valence-electron chi connectivity index (χ3n) is 7.18. The third-order valence-corrected chi connectivity index (χ3v) is 7.18. The lowest BCUT2D eigenvalue weighted by molar-refractivity contribution is -0.138. The molecule has 3 aromatic carbocycles. The van der Waals surface area contributed by atoms with Crippen LogP contribution in [0, 0.1) is 12.7 Å². The lowest BCUT2D eigenvalue weighted by Crippen LogP contribution is -2.55. The second-order valence-electron chi connectivity index (χ2n) is 9.77. The molecule has 0 bridgehead atoms. The molecule has 0 saturated carbocycles. The molecular weight excluding hydrogens is 528 g/mol. The maximum absolute atomic E-state index is 15.1. The van der Waals surface area contributed by atoms with E-state index in [9.17, 15) is 23.1 Å². The molecule has 0 radical (unpaired) electrons. The van der Waals surface area contributed by atoms with Crippen molar-refractivity contribution in [3.05, 3.63) is 83.2 Å². The molecule has 2 heterocycles. The Morgan fingerprint density at radius 1 is 1.02 bits per heavy atom. The molecule has 3 aromatic rings. The summed E-state index contributed by atoms with van der Waals surface area (Å²) in [6, 6.07) is 14.3. The molecule has 1 saturated heterocycles. The molecule has 11 heteroatoms. The number of aliphatic imine (C=N–C) groups is 1. The number of guanidine groups is 1. The van der Waals surface area contributed by atoms with Crippen LogP contribution in [-0.2, 0) is 11.0 Å². The number of halogens is 4. The van der Waals surface area contributed by atoms with Gasteiger partial charge in [0.05, 0.1) is 30.8 Å². The van der Waals surface area contributed by atoms with Crippen LogP contribution in [-0.4, -0.2) is 55.2 Å². The van der Waals surface area contributed by atoms with Gasteiger partial charge in [0.25, 0.3) is 0 Å². The first-order chi connectivity index (χ1) is 19.1. The van der Waals surface area contributed by atoms with Gasteiger partial charge in [-0.1, -0.05) is 24.3 Å². The Kier molecular flexibility index (Phi) is 7.31. The van der Waals surface area contributed by atoms with Crippen LogP contribution < -0.4 is 14.5 Å². The summed E-state index contributed by atoms with van der Waals surface area (Å²) < 4.78 is 61.9. The van der Waals surface area contributed by atoms with Gasteiger partial charge in [0.1, 0.15) is 17.3 Å². The van der Waals surface area contributed by atoms with Crippen molar-refractivity contribution in [2.75, 3.05) is 43.1 Å². The Hall–Kier alpha value is -4.28. The second kappa shape index (κ2) is 10.7. The monoisotopic (exact) mass is 556 g/mol. The fourth-order valence-electron chi connectivity index (χ4n) is 5.26. The first-order valence-corrected chi connectivity index (χ1v) is 12.8. The maximum Gasteiger partial charge on any atom is 0.416 e. The summed E-state index contributed by atoms with van der Waals surface area (Å²) >= 11 is 0. The fourth-order valence-corrected chi connectivity index (χ4v) is 5.26. The largest absolute Gasteiger partial charge is 0.495 e.